The molecule has 1 unspecified atom stereocenters. The third-order valence-corrected chi connectivity index (χ3v) is 2.34. The fraction of sp³-hybridized carbons (Fsp3) is 0.700. The Morgan fingerprint density at radius 1 is 1.41 bits per heavy atom. The van der Waals surface area contributed by atoms with Crippen molar-refractivity contribution in [2.45, 2.75) is 32.2 Å². The fourth-order valence-electron chi connectivity index (χ4n) is 1.34. The Hall–Kier alpha value is -1.79. The quantitative estimate of drug-likeness (QED) is 0.537. The fourth-order valence-corrected chi connectivity index (χ4v) is 1.34. The summed E-state index contributed by atoms with van der Waals surface area (Å²) in [6.07, 6.45) is 0.972. The Morgan fingerprint density at radius 3 is 2.41 bits per heavy atom. The van der Waals surface area contributed by atoms with Crippen molar-refractivity contribution in [2.75, 3.05) is 13.6 Å². The van der Waals surface area contributed by atoms with Crippen LogP contribution in [-0.4, -0.2) is 47.5 Å². The number of nitrogens with two attached hydrogens (primary N) is 1. The first kappa shape index (κ1) is 15.2. The number of nitrogens with zero attached hydrogens (tertiary/aromatic N) is 1. The summed E-state index contributed by atoms with van der Waals surface area (Å²) in [5.41, 5.74) is 4.94. The maximum Gasteiger partial charge on any atom is 0.326 e. The molecule has 0 rings (SSSR count). The number of carbonyl (C=O) groups is 3. The van der Waals surface area contributed by atoms with Crippen LogP contribution in [0.3, 0.4) is 0 Å². The maximum absolute atomic E-state index is 11.5. The minimum absolute atomic E-state index is 0.195. The molecule has 1 atom stereocenters. The van der Waals surface area contributed by atoms with Crippen LogP contribution >= 0.6 is 0 Å². The van der Waals surface area contributed by atoms with E-state index in [1.54, 1.807) is 6.92 Å². The van der Waals surface area contributed by atoms with Gasteiger partial charge in [0.15, 0.2) is 0 Å². The lowest BCUT2D eigenvalue weighted by Gasteiger charge is -2.23. The molecule has 0 aliphatic carbocycles. The van der Waals surface area contributed by atoms with Gasteiger partial charge in [0.2, 0.25) is 5.91 Å². The highest BCUT2D eigenvalue weighted by Gasteiger charge is 2.24. The highest BCUT2D eigenvalue weighted by Crippen LogP contribution is 2.02. The number of rotatable bonds is 7. The molecule has 0 saturated heterocycles. The van der Waals surface area contributed by atoms with Gasteiger partial charge < -0.3 is 21.1 Å². The number of likely N-dealkylation sites (N-methyl/N-ethyl adjacent to an activating group) is 1. The van der Waals surface area contributed by atoms with Crippen molar-refractivity contribution in [2.24, 2.45) is 5.73 Å². The first-order valence-corrected chi connectivity index (χ1v) is 5.41. The van der Waals surface area contributed by atoms with Gasteiger partial charge in [0.1, 0.15) is 6.04 Å². The Labute approximate surface area is 100.0 Å². The summed E-state index contributed by atoms with van der Waals surface area (Å²) in [5, 5.41) is 11.4. The van der Waals surface area contributed by atoms with Crippen LogP contribution in [0.25, 0.3) is 0 Å². The molecule has 0 heterocycles. The van der Waals surface area contributed by atoms with Crippen LogP contribution in [0.4, 0.5) is 4.79 Å². The second kappa shape index (κ2) is 7.48. The van der Waals surface area contributed by atoms with Crippen molar-refractivity contribution in [3.8, 4) is 0 Å². The van der Waals surface area contributed by atoms with Crippen LogP contribution in [0.15, 0.2) is 0 Å². The van der Waals surface area contributed by atoms with Gasteiger partial charge in [-0.05, 0) is 12.8 Å². The van der Waals surface area contributed by atoms with Gasteiger partial charge >= 0.3 is 12.0 Å². The molecular formula is C10H19N3O4. The summed E-state index contributed by atoms with van der Waals surface area (Å²) in [7, 11) is 1.42. The first-order valence-electron chi connectivity index (χ1n) is 5.41. The second-order valence-corrected chi connectivity index (χ2v) is 3.67. The largest absolute Gasteiger partial charge is 0.480 e. The minimum Gasteiger partial charge on any atom is -0.480 e. The number of amides is 3. The molecule has 98 valence electrons. The molecule has 7 heteroatoms. The monoisotopic (exact) mass is 245 g/mol. The molecule has 0 aliphatic heterocycles. The summed E-state index contributed by atoms with van der Waals surface area (Å²) in [6.45, 7) is 1.98. The average Bonchev–Trinajstić information content (AvgIpc) is 2.24. The Bertz CT molecular complexity index is 293. The van der Waals surface area contributed by atoms with Crippen molar-refractivity contribution < 1.29 is 19.5 Å². The van der Waals surface area contributed by atoms with Crippen molar-refractivity contribution in [3.63, 3.8) is 0 Å². The molecule has 3 amide bonds. The Kier molecular flexibility index (Phi) is 6.69. The standard InChI is InChI=1S/C10H19N3O4/c1-3-7(9(15)16)13(2)10(17)12-6-4-5-8(11)14/h7H,3-6H2,1-2H3,(H2,11,14)(H,12,17)(H,15,16). The van der Waals surface area contributed by atoms with E-state index in [1.165, 1.54) is 7.05 Å². The van der Waals surface area contributed by atoms with Gasteiger partial charge in [0, 0.05) is 20.0 Å². The van der Waals surface area contributed by atoms with Gasteiger partial charge in [0.05, 0.1) is 0 Å². The number of primary amides is 1. The smallest absolute Gasteiger partial charge is 0.326 e. The lowest BCUT2D eigenvalue weighted by Crippen LogP contribution is -2.47. The van der Waals surface area contributed by atoms with E-state index >= 15 is 0 Å². The van der Waals surface area contributed by atoms with E-state index in [1.807, 2.05) is 0 Å². The van der Waals surface area contributed by atoms with Crippen LogP contribution in [0, 0.1) is 0 Å². The molecule has 7 nitrogen and oxygen atoms in total. The van der Waals surface area contributed by atoms with Crippen LogP contribution < -0.4 is 11.1 Å². The van der Waals surface area contributed by atoms with E-state index < -0.39 is 23.9 Å². The molecule has 0 fully saturated rings. The Balaban J connectivity index is 4.04. The summed E-state index contributed by atoms with van der Waals surface area (Å²) in [4.78, 5) is 33.9. The van der Waals surface area contributed by atoms with E-state index in [0.29, 0.717) is 19.4 Å². The highest BCUT2D eigenvalue weighted by atomic mass is 16.4. The van der Waals surface area contributed by atoms with Crippen LogP contribution in [0.2, 0.25) is 0 Å². The summed E-state index contributed by atoms with van der Waals surface area (Å²) >= 11 is 0. The van der Waals surface area contributed by atoms with Crippen LogP contribution in [-0.2, 0) is 9.59 Å². The molecular weight excluding hydrogens is 226 g/mol. The van der Waals surface area contributed by atoms with Crippen LogP contribution in [0.5, 0.6) is 0 Å². The van der Waals surface area contributed by atoms with Crippen LogP contribution in [0.1, 0.15) is 26.2 Å². The number of hydrogen-bond donors (Lipinski definition) is 3. The van der Waals surface area contributed by atoms with Gasteiger partial charge in [-0.15, -0.1) is 0 Å². The Morgan fingerprint density at radius 2 is 2.00 bits per heavy atom. The highest BCUT2D eigenvalue weighted by molar-refractivity contribution is 5.82. The predicted molar refractivity (Wildman–Crippen MR) is 61.3 cm³/mol. The molecule has 0 saturated carbocycles. The molecule has 0 bridgehead atoms. The van der Waals surface area contributed by atoms with Crippen molar-refractivity contribution >= 4 is 17.9 Å². The summed E-state index contributed by atoms with van der Waals surface area (Å²) < 4.78 is 0. The van der Waals surface area contributed by atoms with Gasteiger partial charge in [0.25, 0.3) is 0 Å². The lowest BCUT2D eigenvalue weighted by molar-refractivity contribution is -0.141. The first-order chi connectivity index (χ1) is 7.90. The van der Waals surface area contributed by atoms with E-state index in [-0.39, 0.29) is 6.42 Å². The number of carboxylic acids is 1. The molecule has 0 aliphatic rings. The third-order valence-electron chi connectivity index (χ3n) is 2.34. The third kappa shape index (κ3) is 5.74. The zero-order valence-corrected chi connectivity index (χ0v) is 10.1. The second-order valence-electron chi connectivity index (χ2n) is 3.67. The molecule has 0 aromatic carbocycles. The van der Waals surface area contributed by atoms with E-state index in [0.717, 1.165) is 4.90 Å². The number of aliphatic carboxylic acids is 1. The summed E-state index contributed by atoms with van der Waals surface area (Å²) in [6, 6.07) is -1.31. The van der Waals surface area contributed by atoms with Gasteiger partial charge in [-0.2, -0.15) is 0 Å². The lowest BCUT2D eigenvalue weighted by atomic mass is 10.2. The number of hydrogen-bond acceptors (Lipinski definition) is 3. The summed E-state index contributed by atoms with van der Waals surface area (Å²) in [5.74, 6) is -1.47. The predicted octanol–water partition coefficient (Wildman–Crippen LogP) is -0.243. The number of urea groups is 1. The number of carbonyl (C=O) groups excluding carboxylic acids is 2. The van der Waals surface area contributed by atoms with Crippen molar-refractivity contribution in [3.05, 3.63) is 0 Å². The molecule has 0 radical (unpaired) electrons. The zero-order chi connectivity index (χ0) is 13.4. The minimum atomic E-state index is -1.04. The SMILES string of the molecule is CCC(C(=O)O)N(C)C(=O)NCCCC(N)=O. The molecule has 0 aromatic heterocycles. The van der Waals surface area contributed by atoms with Gasteiger partial charge in [-0.25, -0.2) is 9.59 Å². The van der Waals surface area contributed by atoms with Crippen molar-refractivity contribution in [1.29, 1.82) is 0 Å². The maximum atomic E-state index is 11.5. The van der Waals surface area contributed by atoms with Gasteiger partial charge in [-0.3, -0.25) is 4.79 Å². The van der Waals surface area contributed by atoms with E-state index in [4.69, 9.17) is 10.8 Å². The van der Waals surface area contributed by atoms with E-state index in [2.05, 4.69) is 5.32 Å². The molecule has 17 heavy (non-hydrogen) atoms. The molecule has 4 N–H and O–H groups in total. The number of nitrogens with one attached hydrogen (secondary N) is 1. The average molecular weight is 245 g/mol. The van der Waals surface area contributed by atoms with Crippen molar-refractivity contribution in [1.82, 2.24) is 10.2 Å². The molecule has 0 aromatic rings. The normalized spacial score (nSPS) is 11.6. The zero-order valence-electron chi connectivity index (χ0n) is 10.1. The topological polar surface area (TPSA) is 113 Å². The molecule has 0 spiro atoms. The number of carboxylic acid groups (broad SMARTS) is 1. The van der Waals surface area contributed by atoms with Gasteiger partial charge in [-0.1, -0.05) is 6.92 Å². The van der Waals surface area contributed by atoms with E-state index in [9.17, 15) is 14.4 Å².